The van der Waals surface area contributed by atoms with E-state index < -0.39 is 9.84 Å². The van der Waals surface area contributed by atoms with Crippen molar-refractivity contribution in [2.24, 2.45) is 0 Å². The van der Waals surface area contributed by atoms with E-state index in [0.29, 0.717) is 19.7 Å². The molecule has 1 aliphatic rings. The van der Waals surface area contributed by atoms with Crippen molar-refractivity contribution in [1.82, 2.24) is 14.7 Å². The smallest absolute Gasteiger partial charge is 0.148 e. The van der Waals surface area contributed by atoms with Crippen molar-refractivity contribution in [2.45, 2.75) is 19.6 Å². The summed E-state index contributed by atoms with van der Waals surface area (Å²) in [5.41, 5.74) is 1.13. The monoisotopic (exact) mass is 287 g/mol. The van der Waals surface area contributed by atoms with Gasteiger partial charge in [0, 0.05) is 32.1 Å². The topological polar surface area (TPSA) is 64.4 Å². The molecule has 1 aromatic heterocycles. The molecule has 2 heterocycles. The molecule has 7 heteroatoms. The lowest BCUT2D eigenvalue weighted by Crippen LogP contribution is -2.45. The second-order valence-corrected chi connectivity index (χ2v) is 7.42. The van der Waals surface area contributed by atoms with E-state index in [9.17, 15) is 8.42 Å². The molecule has 2 rings (SSSR count). The van der Waals surface area contributed by atoms with Crippen molar-refractivity contribution < 1.29 is 13.2 Å². The third-order valence-electron chi connectivity index (χ3n) is 3.15. The Hall–Kier alpha value is -0.920. The summed E-state index contributed by atoms with van der Waals surface area (Å²) in [5, 5.41) is 4.24. The largest absolute Gasteiger partial charge is 0.374 e. The van der Waals surface area contributed by atoms with E-state index in [1.54, 1.807) is 0 Å². The predicted molar refractivity (Wildman–Crippen MR) is 72.9 cm³/mol. The summed E-state index contributed by atoms with van der Waals surface area (Å²) < 4.78 is 29.9. The summed E-state index contributed by atoms with van der Waals surface area (Å²) >= 11 is 0. The van der Waals surface area contributed by atoms with Crippen molar-refractivity contribution in [1.29, 1.82) is 0 Å². The molecule has 0 bridgehead atoms. The lowest BCUT2D eigenvalue weighted by molar-refractivity contribution is -0.0355. The quantitative estimate of drug-likeness (QED) is 0.759. The van der Waals surface area contributed by atoms with Crippen molar-refractivity contribution in [2.75, 3.05) is 38.2 Å². The first-order valence-corrected chi connectivity index (χ1v) is 8.49. The summed E-state index contributed by atoms with van der Waals surface area (Å²) in [6.45, 7) is 5.50. The maximum absolute atomic E-state index is 11.2. The standard InChI is InChI=1S/C12H21N3O3S/c1-11-7-13-15(8-11)10-12-9-14(3-5-18-12)4-6-19(2,16)17/h7-8,12H,3-6,9-10H2,1-2H3/t12-/m0/s1. The van der Waals surface area contributed by atoms with E-state index in [0.717, 1.165) is 18.7 Å². The zero-order valence-electron chi connectivity index (χ0n) is 11.4. The fourth-order valence-corrected chi connectivity index (χ4v) is 2.75. The number of rotatable bonds is 5. The number of ether oxygens (including phenoxy) is 1. The summed E-state index contributed by atoms with van der Waals surface area (Å²) in [5.74, 6) is 0.209. The highest BCUT2D eigenvalue weighted by molar-refractivity contribution is 7.90. The Balaban J connectivity index is 1.83. The first-order chi connectivity index (χ1) is 8.92. The maximum Gasteiger partial charge on any atom is 0.148 e. The Morgan fingerprint density at radius 1 is 1.53 bits per heavy atom. The number of aryl methyl sites for hydroxylation is 1. The lowest BCUT2D eigenvalue weighted by Gasteiger charge is -2.32. The van der Waals surface area contributed by atoms with Crippen LogP contribution in [0, 0.1) is 6.92 Å². The van der Waals surface area contributed by atoms with Crippen LogP contribution in [0.1, 0.15) is 5.56 Å². The van der Waals surface area contributed by atoms with Crippen molar-refractivity contribution in [3.8, 4) is 0 Å². The van der Waals surface area contributed by atoms with Crippen molar-refractivity contribution in [3.05, 3.63) is 18.0 Å². The average molecular weight is 287 g/mol. The molecule has 1 fully saturated rings. The summed E-state index contributed by atoms with van der Waals surface area (Å²) in [6.07, 6.45) is 5.16. The highest BCUT2D eigenvalue weighted by atomic mass is 32.2. The molecule has 1 aliphatic heterocycles. The first-order valence-electron chi connectivity index (χ1n) is 6.43. The molecule has 0 amide bonds. The van der Waals surface area contributed by atoms with Crippen LogP contribution in [-0.2, 0) is 21.1 Å². The Morgan fingerprint density at radius 3 is 2.95 bits per heavy atom. The highest BCUT2D eigenvalue weighted by Crippen LogP contribution is 2.08. The third-order valence-corrected chi connectivity index (χ3v) is 4.08. The third kappa shape index (κ3) is 4.93. The van der Waals surface area contributed by atoms with Gasteiger partial charge in [-0.05, 0) is 12.5 Å². The molecular formula is C12H21N3O3S. The summed E-state index contributed by atoms with van der Waals surface area (Å²) in [7, 11) is -2.90. The van der Waals surface area contributed by atoms with Crippen LogP contribution in [0.25, 0.3) is 0 Å². The zero-order valence-corrected chi connectivity index (χ0v) is 12.3. The van der Waals surface area contributed by atoms with Crippen LogP contribution in [-0.4, -0.2) is 67.5 Å². The molecule has 0 unspecified atom stereocenters. The van der Waals surface area contributed by atoms with Gasteiger partial charge in [0.15, 0.2) is 0 Å². The highest BCUT2D eigenvalue weighted by Gasteiger charge is 2.21. The zero-order chi connectivity index (χ0) is 13.9. The van der Waals surface area contributed by atoms with Crippen LogP contribution in [0.3, 0.4) is 0 Å². The van der Waals surface area contributed by atoms with E-state index in [-0.39, 0.29) is 11.9 Å². The van der Waals surface area contributed by atoms with E-state index >= 15 is 0 Å². The van der Waals surface area contributed by atoms with Crippen LogP contribution >= 0.6 is 0 Å². The number of morpholine rings is 1. The molecule has 6 nitrogen and oxygen atoms in total. The van der Waals surface area contributed by atoms with E-state index in [1.807, 2.05) is 24.0 Å². The molecule has 19 heavy (non-hydrogen) atoms. The van der Waals surface area contributed by atoms with Gasteiger partial charge in [-0.25, -0.2) is 8.42 Å². The number of sulfone groups is 1. The molecule has 1 aromatic rings. The molecule has 0 aliphatic carbocycles. The Kier molecular flexibility index (Phi) is 4.59. The Labute approximate surface area is 114 Å². The molecule has 0 spiro atoms. The van der Waals surface area contributed by atoms with Gasteiger partial charge in [0.25, 0.3) is 0 Å². The summed E-state index contributed by atoms with van der Waals surface area (Å²) in [4.78, 5) is 2.14. The van der Waals surface area contributed by atoms with E-state index in [1.165, 1.54) is 6.26 Å². The van der Waals surface area contributed by atoms with Gasteiger partial charge in [0.2, 0.25) is 0 Å². The van der Waals surface area contributed by atoms with E-state index in [4.69, 9.17) is 4.74 Å². The molecule has 1 atom stereocenters. The predicted octanol–water partition coefficient (Wildman–Crippen LogP) is -0.0631. The maximum atomic E-state index is 11.2. The Morgan fingerprint density at radius 2 is 2.32 bits per heavy atom. The van der Waals surface area contributed by atoms with Gasteiger partial charge < -0.3 is 4.74 Å². The van der Waals surface area contributed by atoms with Gasteiger partial charge in [-0.15, -0.1) is 0 Å². The SMILES string of the molecule is Cc1cnn(C[C@@H]2CN(CCS(C)(=O)=O)CCO2)c1. The van der Waals surface area contributed by atoms with Crippen LogP contribution in [0.2, 0.25) is 0 Å². The second kappa shape index (κ2) is 6.02. The fraction of sp³-hybridized carbons (Fsp3) is 0.750. The Bertz CT molecular complexity index is 512. The fourth-order valence-electron chi connectivity index (χ4n) is 2.16. The minimum absolute atomic E-state index is 0.0765. The molecule has 0 aromatic carbocycles. The van der Waals surface area contributed by atoms with Crippen LogP contribution in [0.15, 0.2) is 12.4 Å². The first kappa shape index (κ1) is 14.5. The molecule has 0 radical (unpaired) electrons. The number of aromatic nitrogens is 2. The van der Waals surface area contributed by atoms with Gasteiger partial charge in [-0.1, -0.05) is 0 Å². The molecule has 0 N–H and O–H groups in total. The summed E-state index contributed by atoms with van der Waals surface area (Å²) in [6, 6.07) is 0. The van der Waals surface area contributed by atoms with E-state index in [2.05, 4.69) is 10.00 Å². The number of nitrogens with zero attached hydrogens (tertiary/aromatic N) is 3. The molecule has 1 saturated heterocycles. The van der Waals surface area contributed by atoms with Crippen LogP contribution < -0.4 is 0 Å². The van der Waals surface area contributed by atoms with Crippen molar-refractivity contribution >= 4 is 9.84 Å². The average Bonchev–Trinajstić information content (AvgIpc) is 2.72. The van der Waals surface area contributed by atoms with Gasteiger partial charge >= 0.3 is 0 Å². The lowest BCUT2D eigenvalue weighted by atomic mass is 10.2. The van der Waals surface area contributed by atoms with Gasteiger partial charge in [-0.2, -0.15) is 5.10 Å². The van der Waals surface area contributed by atoms with Crippen LogP contribution in [0.5, 0.6) is 0 Å². The normalized spacial score (nSPS) is 21.7. The van der Waals surface area contributed by atoms with Gasteiger partial charge in [-0.3, -0.25) is 9.58 Å². The van der Waals surface area contributed by atoms with Gasteiger partial charge in [0.05, 0.1) is 31.2 Å². The second-order valence-electron chi connectivity index (χ2n) is 5.16. The molecule has 108 valence electrons. The number of hydrogen-bond donors (Lipinski definition) is 0. The van der Waals surface area contributed by atoms with Crippen molar-refractivity contribution in [3.63, 3.8) is 0 Å². The minimum Gasteiger partial charge on any atom is -0.374 e. The molecular weight excluding hydrogens is 266 g/mol. The number of hydrogen-bond acceptors (Lipinski definition) is 5. The van der Waals surface area contributed by atoms with Crippen LogP contribution in [0.4, 0.5) is 0 Å². The van der Waals surface area contributed by atoms with Gasteiger partial charge in [0.1, 0.15) is 9.84 Å². The molecule has 0 saturated carbocycles. The minimum atomic E-state index is -2.90.